The van der Waals surface area contributed by atoms with Gasteiger partial charge in [0, 0.05) is 31.4 Å². The van der Waals surface area contributed by atoms with E-state index in [0.717, 1.165) is 43.7 Å². The van der Waals surface area contributed by atoms with Crippen molar-refractivity contribution in [3.8, 4) is 0 Å². The van der Waals surface area contributed by atoms with E-state index in [1.54, 1.807) is 0 Å². The number of benzene rings is 1. The highest BCUT2D eigenvalue weighted by atomic mass is 16.3. The molecule has 2 aliphatic heterocycles. The maximum Gasteiger partial charge on any atom is 0.0789 e. The molecule has 1 aromatic rings. The number of likely N-dealkylation sites (tertiary alicyclic amines) is 1. The first-order chi connectivity index (χ1) is 13.3. The first-order valence-corrected chi connectivity index (χ1v) is 11.5. The minimum atomic E-state index is -0.172. The summed E-state index contributed by atoms with van der Waals surface area (Å²) >= 11 is 0. The van der Waals surface area contributed by atoms with Gasteiger partial charge in [-0.1, -0.05) is 43.9 Å². The second-order valence-corrected chi connectivity index (χ2v) is 9.70. The molecule has 4 unspecified atom stereocenters. The van der Waals surface area contributed by atoms with Crippen LogP contribution in [0.2, 0.25) is 0 Å². The van der Waals surface area contributed by atoms with Crippen LogP contribution in [0, 0.1) is 11.8 Å². The second-order valence-electron chi connectivity index (χ2n) is 9.70. The second kappa shape index (κ2) is 7.40. The van der Waals surface area contributed by atoms with E-state index < -0.39 is 0 Å². The average Bonchev–Trinajstić information content (AvgIpc) is 3.04. The maximum atomic E-state index is 10.9. The van der Waals surface area contributed by atoms with E-state index in [-0.39, 0.29) is 11.6 Å². The van der Waals surface area contributed by atoms with Crippen molar-refractivity contribution in [3.05, 3.63) is 30.3 Å². The van der Waals surface area contributed by atoms with Crippen LogP contribution in [0.25, 0.3) is 0 Å². The van der Waals surface area contributed by atoms with Crippen LogP contribution in [-0.4, -0.2) is 47.3 Å². The summed E-state index contributed by atoms with van der Waals surface area (Å²) < 4.78 is 0. The number of hydrogen-bond donors (Lipinski definition) is 1. The summed E-state index contributed by atoms with van der Waals surface area (Å²) in [6.45, 7) is 3.34. The molecule has 0 amide bonds. The molecule has 0 aromatic heterocycles. The van der Waals surface area contributed by atoms with Crippen molar-refractivity contribution in [2.45, 2.75) is 81.9 Å². The SMILES string of the molecule is OC1CCN(c2ccccc2)C12CCN(C1CCC3CCCCC3C1)CC2. The Bertz CT molecular complexity index is 625. The zero-order valence-electron chi connectivity index (χ0n) is 16.7. The van der Waals surface area contributed by atoms with Crippen molar-refractivity contribution >= 4 is 5.69 Å². The molecule has 3 heteroatoms. The number of fused-ring (bicyclic) bond motifs is 1. The summed E-state index contributed by atoms with van der Waals surface area (Å²) in [5.74, 6) is 2.04. The van der Waals surface area contributed by atoms with Crippen LogP contribution in [0.5, 0.6) is 0 Å². The molecule has 2 saturated heterocycles. The first kappa shape index (κ1) is 18.0. The third-order valence-electron chi connectivity index (χ3n) is 8.54. The molecule has 27 heavy (non-hydrogen) atoms. The van der Waals surface area contributed by atoms with E-state index in [1.807, 2.05) is 0 Å². The molecule has 1 spiro atoms. The number of aliphatic hydroxyl groups excluding tert-OH is 1. The summed E-state index contributed by atoms with van der Waals surface area (Å²) in [6, 6.07) is 11.6. The highest BCUT2D eigenvalue weighted by molar-refractivity contribution is 5.51. The smallest absolute Gasteiger partial charge is 0.0789 e. The van der Waals surface area contributed by atoms with Gasteiger partial charge < -0.3 is 14.9 Å². The standard InChI is InChI=1S/C24H36N2O/c27-23-12-15-26(21-8-2-1-3-9-21)24(23)13-16-25(17-14-24)22-11-10-19-6-4-5-7-20(19)18-22/h1-3,8-9,19-20,22-23,27H,4-7,10-18H2. The van der Waals surface area contributed by atoms with Crippen LogP contribution in [0.4, 0.5) is 5.69 Å². The van der Waals surface area contributed by atoms with Crippen LogP contribution < -0.4 is 4.90 Å². The number of anilines is 1. The minimum Gasteiger partial charge on any atom is -0.391 e. The van der Waals surface area contributed by atoms with Crippen molar-refractivity contribution in [2.24, 2.45) is 11.8 Å². The van der Waals surface area contributed by atoms with Crippen molar-refractivity contribution in [3.63, 3.8) is 0 Å². The number of nitrogens with zero attached hydrogens (tertiary/aromatic N) is 2. The van der Waals surface area contributed by atoms with Gasteiger partial charge in [0.2, 0.25) is 0 Å². The van der Waals surface area contributed by atoms with Crippen LogP contribution in [0.1, 0.15) is 64.2 Å². The molecule has 0 bridgehead atoms. The Balaban J connectivity index is 1.26. The Morgan fingerprint density at radius 2 is 1.56 bits per heavy atom. The molecule has 5 rings (SSSR count). The van der Waals surface area contributed by atoms with E-state index >= 15 is 0 Å². The maximum absolute atomic E-state index is 10.9. The predicted molar refractivity (Wildman–Crippen MR) is 111 cm³/mol. The van der Waals surface area contributed by atoms with Gasteiger partial charge in [0.25, 0.3) is 0 Å². The molecule has 4 aliphatic rings. The fourth-order valence-corrected chi connectivity index (χ4v) is 6.98. The third-order valence-corrected chi connectivity index (χ3v) is 8.54. The first-order valence-electron chi connectivity index (χ1n) is 11.5. The van der Waals surface area contributed by atoms with Gasteiger partial charge in [0.05, 0.1) is 11.6 Å². The fourth-order valence-electron chi connectivity index (χ4n) is 6.98. The van der Waals surface area contributed by atoms with E-state index in [0.29, 0.717) is 0 Å². The normalized spacial score (nSPS) is 36.7. The van der Waals surface area contributed by atoms with Crippen LogP contribution in [0.3, 0.4) is 0 Å². The molecular formula is C24H36N2O. The number of rotatable bonds is 2. The van der Waals surface area contributed by atoms with Gasteiger partial charge in [-0.3, -0.25) is 0 Å². The monoisotopic (exact) mass is 368 g/mol. The van der Waals surface area contributed by atoms with E-state index in [1.165, 1.54) is 63.7 Å². The lowest BCUT2D eigenvalue weighted by Crippen LogP contribution is -2.59. The minimum absolute atomic E-state index is 0.0279. The number of aliphatic hydroxyl groups is 1. The molecule has 2 saturated carbocycles. The Kier molecular flexibility index (Phi) is 4.94. The van der Waals surface area contributed by atoms with Crippen molar-refractivity contribution in [2.75, 3.05) is 24.5 Å². The summed E-state index contributed by atoms with van der Waals surface area (Å²) in [6.07, 6.45) is 13.2. The van der Waals surface area contributed by atoms with Crippen LogP contribution in [0.15, 0.2) is 30.3 Å². The molecule has 148 valence electrons. The van der Waals surface area contributed by atoms with E-state index in [2.05, 4.69) is 40.1 Å². The van der Waals surface area contributed by atoms with Crippen molar-refractivity contribution in [1.82, 2.24) is 4.90 Å². The predicted octanol–water partition coefficient (Wildman–Crippen LogP) is 4.45. The van der Waals surface area contributed by atoms with E-state index in [4.69, 9.17) is 0 Å². The fraction of sp³-hybridized carbons (Fsp3) is 0.750. The Morgan fingerprint density at radius 3 is 2.33 bits per heavy atom. The highest BCUT2D eigenvalue weighted by Crippen LogP contribution is 2.45. The topological polar surface area (TPSA) is 26.7 Å². The summed E-state index contributed by atoms with van der Waals surface area (Å²) in [5.41, 5.74) is 1.27. The molecule has 1 N–H and O–H groups in total. The number of para-hydroxylation sites is 1. The van der Waals surface area contributed by atoms with Gasteiger partial charge in [0.15, 0.2) is 0 Å². The molecule has 2 heterocycles. The van der Waals surface area contributed by atoms with Gasteiger partial charge in [-0.2, -0.15) is 0 Å². The number of hydrogen-bond acceptors (Lipinski definition) is 3. The van der Waals surface area contributed by atoms with Gasteiger partial charge in [0.1, 0.15) is 0 Å². The summed E-state index contributed by atoms with van der Waals surface area (Å²) in [7, 11) is 0. The molecule has 2 aliphatic carbocycles. The average molecular weight is 369 g/mol. The van der Waals surface area contributed by atoms with Gasteiger partial charge in [-0.05, 0) is 62.5 Å². The zero-order valence-corrected chi connectivity index (χ0v) is 16.7. The lowest BCUT2D eigenvalue weighted by Gasteiger charge is -2.51. The number of piperidine rings is 1. The Labute approximate surface area is 164 Å². The highest BCUT2D eigenvalue weighted by Gasteiger charge is 2.50. The summed E-state index contributed by atoms with van der Waals surface area (Å²) in [5, 5.41) is 10.9. The van der Waals surface area contributed by atoms with Crippen LogP contribution in [-0.2, 0) is 0 Å². The van der Waals surface area contributed by atoms with Crippen molar-refractivity contribution < 1.29 is 5.11 Å². The molecule has 3 nitrogen and oxygen atoms in total. The molecule has 1 aromatic carbocycles. The Hall–Kier alpha value is -1.06. The van der Waals surface area contributed by atoms with Gasteiger partial charge >= 0.3 is 0 Å². The lowest BCUT2D eigenvalue weighted by atomic mass is 9.69. The van der Waals surface area contributed by atoms with E-state index in [9.17, 15) is 5.11 Å². The van der Waals surface area contributed by atoms with Gasteiger partial charge in [-0.25, -0.2) is 0 Å². The van der Waals surface area contributed by atoms with Crippen molar-refractivity contribution in [1.29, 1.82) is 0 Å². The Morgan fingerprint density at radius 1 is 0.815 bits per heavy atom. The zero-order chi connectivity index (χ0) is 18.3. The molecule has 4 atom stereocenters. The molecular weight excluding hydrogens is 332 g/mol. The van der Waals surface area contributed by atoms with Crippen LogP contribution >= 0.6 is 0 Å². The lowest BCUT2D eigenvalue weighted by molar-refractivity contribution is 0.0160. The summed E-state index contributed by atoms with van der Waals surface area (Å²) in [4.78, 5) is 5.33. The van der Waals surface area contributed by atoms with Gasteiger partial charge in [-0.15, -0.1) is 0 Å². The molecule has 0 radical (unpaired) electrons. The third kappa shape index (κ3) is 3.21. The largest absolute Gasteiger partial charge is 0.391 e. The molecule has 4 fully saturated rings. The quantitative estimate of drug-likeness (QED) is 0.835.